The van der Waals surface area contributed by atoms with Crippen LogP contribution in [0.5, 0.6) is 0 Å². The SMILES string of the molecule is Cc1ccc2cnc(-c3cccc(CN)c3)nc2n1. The number of pyridine rings is 1. The number of aryl methyl sites for hydroxylation is 1. The number of hydrogen-bond acceptors (Lipinski definition) is 4. The van der Waals surface area contributed by atoms with E-state index in [-0.39, 0.29) is 0 Å². The van der Waals surface area contributed by atoms with Crippen LogP contribution >= 0.6 is 0 Å². The highest BCUT2D eigenvalue weighted by Crippen LogP contribution is 2.18. The second-order valence-electron chi connectivity index (χ2n) is 4.46. The number of aromatic nitrogens is 3. The van der Waals surface area contributed by atoms with Gasteiger partial charge in [-0.25, -0.2) is 15.0 Å². The molecule has 19 heavy (non-hydrogen) atoms. The van der Waals surface area contributed by atoms with Crippen LogP contribution in [0.4, 0.5) is 0 Å². The molecule has 2 heterocycles. The normalized spacial score (nSPS) is 10.8. The minimum Gasteiger partial charge on any atom is -0.326 e. The third kappa shape index (κ3) is 2.30. The molecule has 1 aromatic carbocycles. The average molecular weight is 250 g/mol. The van der Waals surface area contributed by atoms with Gasteiger partial charge in [-0.3, -0.25) is 0 Å². The predicted molar refractivity (Wildman–Crippen MR) is 75.4 cm³/mol. The van der Waals surface area contributed by atoms with E-state index in [1.54, 1.807) is 6.20 Å². The summed E-state index contributed by atoms with van der Waals surface area (Å²) >= 11 is 0. The van der Waals surface area contributed by atoms with Gasteiger partial charge in [0.05, 0.1) is 0 Å². The van der Waals surface area contributed by atoms with Gasteiger partial charge >= 0.3 is 0 Å². The van der Waals surface area contributed by atoms with Crippen LogP contribution in [0.3, 0.4) is 0 Å². The van der Waals surface area contributed by atoms with Gasteiger partial charge in [-0.1, -0.05) is 18.2 Å². The molecule has 0 bridgehead atoms. The van der Waals surface area contributed by atoms with Crippen molar-refractivity contribution in [3.05, 3.63) is 53.9 Å². The Morgan fingerprint density at radius 3 is 2.84 bits per heavy atom. The van der Waals surface area contributed by atoms with Crippen molar-refractivity contribution in [2.24, 2.45) is 5.73 Å². The molecule has 3 rings (SSSR count). The van der Waals surface area contributed by atoms with Crippen molar-refractivity contribution in [2.75, 3.05) is 0 Å². The number of hydrogen-bond donors (Lipinski definition) is 1. The van der Waals surface area contributed by atoms with E-state index in [1.165, 1.54) is 0 Å². The zero-order chi connectivity index (χ0) is 13.2. The predicted octanol–water partition coefficient (Wildman–Crippen LogP) is 2.46. The van der Waals surface area contributed by atoms with E-state index in [9.17, 15) is 0 Å². The first-order valence-electron chi connectivity index (χ1n) is 6.16. The van der Waals surface area contributed by atoms with Crippen LogP contribution in [0, 0.1) is 6.92 Å². The molecule has 0 spiro atoms. The van der Waals surface area contributed by atoms with Crippen molar-refractivity contribution in [1.82, 2.24) is 15.0 Å². The van der Waals surface area contributed by atoms with Crippen LogP contribution in [0.25, 0.3) is 22.4 Å². The molecule has 0 saturated heterocycles. The van der Waals surface area contributed by atoms with Gasteiger partial charge < -0.3 is 5.73 Å². The molecule has 4 heteroatoms. The maximum absolute atomic E-state index is 5.65. The first-order valence-corrected chi connectivity index (χ1v) is 6.16. The molecule has 0 saturated carbocycles. The molecule has 2 aromatic heterocycles. The molecule has 0 atom stereocenters. The lowest BCUT2D eigenvalue weighted by Crippen LogP contribution is -1.97. The third-order valence-corrected chi connectivity index (χ3v) is 3.00. The summed E-state index contributed by atoms with van der Waals surface area (Å²) in [5, 5.41) is 0.948. The van der Waals surface area contributed by atoms with E-state index < -0.39 is 0 Å². The summed E-state index contributed by atoms with van der Waals surface area (Å²) in [6.07, 6.45) is 1.80. The number of rotatable bonds is 2. The molecule has 0 amide bonds. The molecule has 0 fully saturated rings. The minimum atomic E-state index is 0.513. The van der Waals surface area contributed by atoms with E-state index >= 15 is 0 Å². The Bertz CT molecular complexity index is 737. The lowest BCUT2D eigenvalue weighted by Gasteiger charge is -2.04. The van der Waals surface area contributed by atoms with Crippen LogP contribution in [0.1, 0.15) is 11.3 Å². The van der Waals surface area contributed by atoms with Gasteiger partial charge in [0.2, 0.25) is 0 Å². The molecule has 4 nitrogen and oxygen atoms in total. The van der Waals surface area contributed by atoms with Crippen molar-refractivity contribution in [1.29, 1.82) is 0 Å². The Hall–Kier alpha value is -2.33. The topological polar surface area (TPSA) is 64.7 Å². The molecule has 0 unspecified atom stereocenters. The van der Waals surface area contributed by atoms with E-state index in [2.05, 4.69) is 15.0 Å². The maximum Gasteiger partial charge on any atom is 0.163 e. The summed E-state index contributed by atoms with van der Waals surface area (Å²) in [5.41, 5.74) is 9.36. The van der Waals surface area contributed by atoms with Crippen molar-refractivity contribution in [3.63, 3.8) is 0 Å². The van der Waals surface area contributed by atoms with Crippen LogP contribution in [-0.2, 0) is 6.54 Å². The molecule has 0 aliphatic rings. The minimum absolute atomic E-state index is 0.513. The van der Waals surface area contributed by atoms with Gasteiger partial charge in [-0.05, 0) is 30.7 Å². The molecular weight excluding hydrogens is 236 g/mol. The monoisotopic (exact) mass is 250 g/mol. The highest BCUT2D eigenvalue weighted by Gasteiger charge is 2.04. The molecule has 0 aliphatic heterocycles. The average Bonchev–Trinajstić information content (AvgIpc) is 2.46. The Morgan fingerprint density at radius 1 is 1.11 bits per heavy atom. The largest absolute Gasteiger partial charge is 0.326 e. The highest BCUT2D eigenvalue weighted by molar-refractivity contribution is 5.76. The summed E-state index contributed by atoms with van der Waals surface area (Å²) in [5.74, 6) is 0.681. The highest BCUT2D eigenvalue weighted by atomic mass is 14.9. The molecule has 2 N–H and O–H groups in total. The first-order chi connectivity index (χ1) is 9.26. The number of nitrogens with two attached hydrogens (primary N) is 1. The van der Waals surface area contributed by atoms with Crippen molar-refractivity contribution >= 4 is 11.0 Å². The van der Waals surface area contributed by atoms with Crippen molar-refractivity contribution in [2.45, 2.75) is 13.5 Å². The maximum atomic E-state index is 5.65. The smallest absolute Gasteiger partial charge is 0.163 e. The van der Waals surface area contributed by atoms with Gasteiger partial charge in [-0.2, -0.15) is 0 Å². The molecule has 0 aliphatic carbocycles. The van der Waals surface area contributed by atoms with Crippen LogP contribution in [0.2, 0.25) is 0 Å². The second kappa shape index (κ2) is 4.74. The molecular formula is C15H14N4. The van der Waals surface area contributed by atoms with Gasteiger partial charge in [0.25, 0.3) is 0 Å². The molecule has 94 valence electrons. The Kier molecular flexibility index (Phi) is 2.93. The first kappa shape index (κ1) is 11.7. The summed E-state index contributed by atoms with van der Waals surface area (Å²) in [6, 6.07) is 11.9. The van der Waals surface area contributed by atoms with Gasteiger partial charge in [0.1, 0.15) is 0 Å². The zero-order valence-electron chi connectivity index (χ0n) is 10.7. The fourth-order valence-electron chi connectivity index (χ4n) is 1.98. The van der Waals surface area contributed by atoms with Gasteiger partial charge in [-0.15, -0.1) is 0 Å². The van der Waals surface area contributed by atoms with Crippen LogP contribution < -0.4 is 5.73 Å². The van der Waals surface area contributed by atoms with Gasteiger partial charge in [0.15, 0.2) is 11.5 Å². The lowest BCUT2D eigenvalue weighted by molar-refractivity contribution is 1.07. The summed E-state index contributed by atoms with van der Waals surface area (Å²) in [6.45, 7) is 2.47. The third-order valence-electron chi connectivity index (χ3n) is 3.00. The van der Waals surface area contributed by atoms with E-state index in [0.29, 0.717) is 12.4 Å². The quantitative estimate of drug-likeness (QED) is 0.758. The summed E-state index contributed by atoms with van der Waals surface area (Å²) < 4.78 is 0. The molecule has 0 radical (unpaired) electrons. The van der Waals surface area contributed by atoms with E-state index in [0.717, 1.165) is 27.9 Å². The summed E-state index contributed by atoms with van der Waals surface area (Å²) in [7, 11) is 0. The fraction of sp³-hybridized carbons (Fsp3) is 0.133. The number of benzene rings is 1. The van der Waals surface area contributed by atoms with Crippen LogP contribution in [0.15, 0.2) is 42.6 Å². The van der Waals surface area contributed by atoms with Gasteiger partial charge in [0, 0.05) is 29.4 Å². The zero-order valence-corrected chi connectivity index (χ0v) is 10.7. The Labute approximate surface area is 111 Å². The van der Waals surface area contributed by atoms with E-state index in [1.807, 2.05) is 43.3 Å². The van der Waals surface area contributed by atoms with Crippen LogP contribution in [-0.4, -0.2) is 15.0 Å². The number of nitrogens with zero attached hydrogens (tertiary/aromatic N) is 3. The lowest BCUT2D eigenvalue weighted by atomic mass is 10.1. The van der Waals surface area contributed by atoms with E-state index in [4.69, 9.17) is 5.73 Å². The number of fused-ring (bicyclic) bond motifs is 1. The summed E-state index contributed by atoms with van der Waals surface area (Å²) in [4.78, 5) is 13.3. The fourth-order valence-corrected chi connectivity index (χ4v) is 1.98. The second-order valence-corrected chi connectivity index (χ2v) is 4.46. The Morgan fingerprint density at radius 2 is 2.00 bits per heavy atom. The standard InChI is InChI=1S/C15H14N4/c1-10-5-6-13-9-17-14(19-15(13)18-10)12-4-2-3-11(7-12)8-16/h2-7,9H,8,16H2,1H3. The van der Waals surface area contributed by atoms with Crippen molar-refractivity contribution < 1.29 is 0 Å². The van der Waals surface area contributed by atoms with Crippen molar-refractivity contribution in [3.8, 4) is 11.4 Å². The Balaban J connectivity index is 2.13. The molecule has 3 aromatic rings.